The molecule has 0 unspecified atom stereocenters. The topological polar surface area (TPSA) is 66.5 Å². The zero-order valence-electron chi connectivity index (χ0n) is 15.4. The van der Waals surface area contributed by atoms with Gasteiger partial charge in [-0.15, -0.1) is 0 Å². The van der Waals surface area contributed by atoms with Crippen LogP contribution in [0.1, 0.15) is 15.9 Å². The Morgan fingerprint density at radius 1 is 0.900 bits per heavy atom. The average molecular weight is 482 g/mol. The fourth-order valence-electron chi connectivity index (χ4n) is 3.27. The first-order valence-corrected chi connectivity index (χ1v) is 11.5. The highest BCUT2D eigenvalue weighted by molar-refractivity contribution is 7.92. The summed E-state index contributed by atoms with van der Waals surface area (Å²) in [7, 11) is -3.71. The maximum atomic E-state index is 13.0. The normalized spacial score (nSPS) is 13.2. The SMILES string of the molecule is O=C(Nc1ccc(Cl)c(Cl)c1)c1ccc2c(c1)CCN2S(=O)(=O)c1ccc(Cl)cc1. The smallest absolute Gasteiger partial charge is 0.264 e. The van der Waals surface area contributed by atoms with Gasteiger partial charge in [-0.1, -0.05) is 34.8 Å². The molecule has 0 aliphatic carbocycles. The van der Waals surface area contributed by atoms with Gasteiger partial charge >= 0.3 is 0 Å². The van der Waals surface area contributed by atoms with Crippen LogP contribution in [0, 0.1) is 0 Å². The molecule has 30 heavy (non-hydrogen) atoms. The van der Waals surface area contributed by atoms with Gasteiger partial charge in [0.2, 0.25) is 0 Å². The van der Waals surface area contributed by atoms with Crippen molar-refractivity contribution in [2.24, 2.45) is 0 Å². The number of halogens is 3. The summed E-state index contributed by atoms with van der Waals surface area (Å²) in [4.78, 5) is 12.8. The van der Waals surface area contributed by atoms with Crippen molar-refractivity contribution in [1.29, 1.82) is 0 Å². The molecular weight excluding hydrogens is 467 g/mol. The van der Waals surface area contributed by atoms with Crippen LogP contribution in [0.25, 0.3) is 0 Å². The van der Waals surface area contributed by atoms with E-state index in [9.17, 15) is 13.2 Å². The number of hydrogen-bond acceptors (Lipinski definition) is 3. The zero-order valence-corrected chi connectivity index (χ0v) is 18.5. The molecule has 4 rings (SSSR count). The number of anilines is 2. The summed E-state index contributed by atoms with van der Waals surface area (Å²) in [6.07, 6.45) is 0.510. The van der Waals surface area contributed by atoms with Crippen LogP contribution >= 0.6 is 34.8 Å². The predicted molar refractivity (Wildman–Crippen MR) is 121 cm³/mol. The summed E-state index contributed by atoms with van der Waals surface area (Å²) in [6, 6.07) is 15.8. The molecule has 1 aliphatic heterocycles. The second-order valence-electron chi connectivity index (χ2n) is 6.71. The Hall–Kier alpha value is -2.25. The maximum Gasteiger partial charge on any atom is 0.264 e. The standard InChI is InChI=1S/C21H15Cl3N2O3S/c22-15-2-5-17(6-3-15)30(28,29)26-10-9-13-11-14(1-8-20(13)26)21(27)25-16-4-7-18(23)19(24)12-16/h1-8,11-12H,9-10H2,(H,25,27). The fourth-order valence-corrected chi connectivity index (χ4v) is 5.20. The van der Waals surface area contributed by atoms with E-state index in [1.54, 1.807) is 48.5 Å². The average Bonchev–Trinajstić information content (AvgIpc) is 3.15. The maximum absolute atomic E-state index is 13.0. The van der Waals surface area contributed by atoms with E-state index >= 15 is 0 Å². The van der Waals surface area contributed by atoms with Gasteiger partial charge < -0.3 is 5.32 Å². The Kier molecular flexibility index (Phi) is 5.68. The van der Waals surface area contributed by atoms with Crippen molar-refractivity contribution in [2.75, 3.05) is 16.2 Å². The van der Waals surface area contributed by atoms with Gasteiger partial charge in [-0.25, -0.2) is 8.42 Å². The minimum Gasteiger partial charge on any atom is -0.322 e. The van der Waals surface area contributed by atoms with Crippen LogP contribution in [0.15, 0.2) is 65.6 Å². The Balaban J connectivity index is 1.58. The fraction of sp³-hybridized carbons (Fsp3) is 0.0952. The molecule has 1 heterocycles. The van der Waals surface area contributed by atoms with E-state index < -0.39 is 10.0 Å². The molecule has 1 amide bonds. The van der Waals surface area contributed by atoms with E-state index in [1.807, 2.05) is 0 Å². The molecule has 0 spiro atoms. The summed E-state index contributed by atoms with van der Waals surface area (Å²) < 4.78 is 27.4. The van der Waals surface area contributed by atoms with E-state index in [1.165, 1.54) is 16.4 Å². The van der Waals surface area contributed by atoms with E-state index in [2.05, 4.69) is 5.32 Å². The van der Waals surface area contributed by atoms with Gasteiger partial charge in [0.15, 0.2) is 0 Å². The first-order valence-electron chi connectivity index (χ1n) is 8.93. The first-order chi connectivity index (χ1) is 14.3. The number of sulfonamides is 1. The van der Waals surface area contributed by atoms with Crippen LogP contribution in [0.5, 0.6) is 0 Å². The molecule has 0 saturated carbocycles. The second-order valence-corrected chi connectivity index (χ2v) is 9.82. The molecule has 3 aromatic carbocycles. The first kappa shape index (κ1) is 21.0. The van der Waals surface area contributed by atoms with Crippen molar-refractivity contribution in [3.05, 3.63) is 86.9 Å². The number of carbonyl (C=O) groups is 1. The molecule has 154 valence electrons. The number of amides is 1. The molecule has 0 atom stereocenters. The van der Waals surface area contributed by atoms with Crippen LogP contribution in [0.2, 0.25) is 15.1 Å². The van der Waals surface area contributed by atoms with Gasteiger partial charge in [-0.3, -0.25) is 9.10 Å². The number of carbonyl (C=O) groups excluding carboxylic acids is 1. The molecule has 1 N–H and O–H groups in total. The largest absolute Gasteiger partial charge is 0.322 e. The van der Waals surface area contributed by atoms with E-state index in [4.69, 9.17) is 34.8 Å². The molecule has 0 radical (unpaired) electrons. The van der Waals surface area contributed by atoms with Crippen LogP contribution < -0.4 is 9.62 Å². The van der Waals surface area contributed by atoms with E-state index in [-0.39, 0.29) is 10.8 Å². The Labute approximate surface area is 189 Å². The number of nitrogens with zero attached hydrogens (tertiary/aromatic N) is 1. The number of benzene rings is 3. The highest BCUT2D eigenvalue weighted by Gasteiger charge is 2.31. The van der Waals surface area contributed by atoms with Gasteiger partial charge in [0.05, 0.1) is 20.6 Å². The summed E-state index contributed by atoms with van der Waals surface area (Å²) in [6.45, 7) is 0.304. The van der Waals surface area contributed by atoms with Crippen molar-refractivity contribution in [2.45, 2.75) is 11.3 Å². The highest BCUT2D eigenvalue weighted by atomic mass is 35.5. The molecule has 1 aliphatic rings. The van der Waals surface area contributed by atoms with Gasteiger partial charge in [0, 0.05) is 22.8 Å². The van der Waals surface area contributed by atoms with E-state index in [0.29, 0.717) is 45.0 Å². The van der Waals surface area contributed by atoms with Crippen molar-refractivity contribution in [3.63, 3.8) is 0 Å². The summed E-state index contributed by atoms with van der Waals surface area (Å²) in [5.41, 5.74) is 2.29. The Morgan fingerprint density at radius 2 is 1.63 bits per heavy atom. The molecule has 0 fully saturated rings. The van der Waals surface area contributed by atoms with Crippen LogP contribution in [-0.4, -0.2) is 20.9 Å². The molecule has 9 heteroatoms. The summed E-state index contributed by atoms with van der Waals surface area (Å²) >= 11 is 17.7. The Bertz CT molecular complexity index is 1240. The van der Waals surface area contributed by atoms with Gasteiger partial charge in [0.1, 0.15) is 0 Å². The van der Waals surface area contributed by atoms with Gasteiger partial charge in [-0.05, 0) is 72.6 Å². The monoisotopic (exact) mass is 480 g/mol. The lowest BCUT2D eigenvalue weighted by Crippen LogP contribution is -2.29. The number of nitrogens with one attached hydrogen (secondary N) is 1. The van der Waals surface area contributed by atoms with E-state index in [0.717, 1.165) is 5.56 Å². The van der Waals surface area contributed by atoms with Crippen molar-refractivity contribution in [3.8, 4) is 0 Å². The van der Waals surface area contributed by atoms with Crippen LogP contribution in [-0.2, 0) is 16.4 Å². The third-order valence-corrected chi connectivity index (χ3v) is 7.59. The molecule has 0 aromatic heterocycles. The van der Waals surface area contributed by atoms with Crippen molar-refractivity contribution < 1.29 is 13.2 Å². The quantitative estimate of drug-likeness (QED) is 0.523. The number of hydrogen-bond donors (Lipinski definition) is 1. The zero-order chi connectivity index (χ0) is 21.5. The summed E-state index contributed by atoms with van der Waals surface area (Å²) in [5, 5.41) is 3.97. The lowest BCUT2D eigenvalue weighted by molar-refractivity contribution is 0.102. The minimum atomic E-state index is -3.71. The minimum absolute atomic E-state index is 0.168. The molecule has 5 nitrogen and oxygen atoms in total. The van der Waals surface area contributed by atoms with Crippen LogP contribution in [0.3, 0.4) is 0 Å². The lowest BCUT2D eigenvalue weighted by atomic mass is 10.1. The molecule has 3 aromatic rings. The van der Waals surface area contributed by atoms with Gasteiger partial charge in [-0.2, -0.15) is 0 Å². The lowest BCUT2D eigenvalue weighted by Gasteiger charge is -2.19. The predicted octanol–water partition coefficient (Wildman–Crippen LogP) is 5.65. The van der Waals surface area contributed by atoms with Crippen LogP contribution in [0.4, 0.5) is 11.4 Å². The molecule has 0 saturated heterocycles. The summed E-state index contributed by atoms with van der Waals surface area (Å²) in [5.74, 6) is -0.324. The third kappa shape index (κ3) is 4.01. The van der Waals surface area contributed by atoms with Crippen molar-refractivity contribution in [1.82, 2.24) is 0 Å². The third-order valence-electron chi connectivity index (χ3n) is 4.77. The molecular formula is C21H15Cl3N2O3S. The Morgan fingerprint density at radius 3 is 2.33 bits per heavy atom. The highest BCUT2D eigenvalue weighted by Crippen LogP contribution is 2.34. The second kappa shape index (κ2) is 8.12. The molecule has 0 bridgehead atoms. The van der Waals surface area contributed by atoms with Gasteiger partial charge in [0.25, 0.3) is 15.9 Å². The van der Waals surface area contributed by atoms with Crippen molar-refractivity contribution >= 4 is 62.1 Å². The number of rotatable bonds is 4. The number of fused-ring (bicyclic) bond motifs is 1.